The van der Waals surface area contributed by atoms with Gasteiger partial charge in [0.2, 0.25) is 5.91 Å². The van der Waals surface area contributed by atoms with Gasteiger partial charge >= 0.3 is 0 Å². The lowest BCUT2D eigenvalue weighted by molar-refractivity contribution is -0.121. The second kappa shape index (κ2) is 8.70. The SMILES string of the molecule is CCC(Sc1ccccc1)C(=O)NCC(O)c1ccc(F)cc1. The molecule has 122 valence electrons. The van der Waals surface area contributed by atoms with E-state index in [0.717, 1.165) is 4.90 Å². The number of carbonyl (C=O) groups is 1. The first-order valence-corrected chi connectivity index (χ1v) is 8.41. The van der Waals surface area contributed by atoms with Gasteiger partial charge in [-0.2, -0.15) is 0 Å². The number of thioether (sulfide) groups is 1. The van der Waals surface area contributed by atoms with Gasteiger partial charge in [0.15, 0.2) is 0 Å². The van der Waals surface area contributed by atoms with Crippen LogP contribution in [0.4, 0.5) is 4.39 Å². The van der Waals surface area contributed by atoms with Gasteiger partial charge in [-0.3, -0.25) is 4.79 Å². The third-order valence-corrected chi connectivity index (χ3v) is 4.79. The summed E-state index contributed by atoms with van der Waals surface area (Å²) in [6.07, 6.45) is -0.156. The number of rotatable bonds is 7. The van der Waals surface area contributed by atoms with E-state index >= 15 is 0 Å². The number of halogens is 1. The molecule has 2 aromatic carbocycles. The Balaban J connectivity index is 1.88. The Morgan fingerprint density at radius 3 is 2.43 bits per heavy atom. The van der Waals surface area contributed by atoms with E-state index in [1.165, 1.54) is 36.0 Å². The molecule has 1 amide bonds. The Morgan fingerprint density at radius 2 is 1.83 bits per heavy atom. The van der Waals surface area contributed by atoms with Gasteiger partial charge in [-0.15, -0.1) is 11.8 Å². The number of hydrogen-bond donors (Lipinski definition) is 2. The lowest BCUT2D eigenvalue weighted by Gasteiger charge is -2.17. The van der Waals surface area contributed by atoms with Crippen LogP contribution in [0, 0.1) is 5.82 Å². The van der Waals surface area contributed by atoms with E-state index in [2.05, 4.69) is 5.32 Å². The summed E-state index contributed by atoms with van der Waals surface area (Å²) in [5, 5.41) is 12.6. The number of amides is 1. The van der Waals surface area contributed by atoms with Crippen molar-refractivity contribution in [3.05, 3.63) is 66.0 Å². The van der Waals surface area contributed by atoms with Crippen LogP contribution in [0.3, 0.4) is 0 Å². The van der Waals surface area contributed by atoms with Crippen molar-refractivity contribution in [3.63, 3.8) is 0 Å². The number of aliphatic hydroxyl groups excluding tert-OH is 1. The van der Waals surface area contributed by atoms with Gasteiger partial charge in [0.1, 0.15) is 5.82 Å². The van der Waals surface area contributed by atoms with Crippen LogP contribution in [0.5, 0.6) is 0 Å². The molecule has 2 atom stereocenters. The average molecular weight is 333 g/mol. The molecule has 2 N–H and O–H groups in total. The number of nitrogens with one attached hydrogen (secondary N) is 1. The minimum Gasteiger partial charge on any atom is -0.387 e. The molecule has 23 heavy (non-hydrogen) atoms. The quantitative estimate of drug-likeness (QED) is 0.762. The van der Waals surface area contributed by atoms with Crippen LogP contribution >= 0.6 is 11.8 Å². The lowest BCUT2D eigenvalue weighted by Crippen LogP contribution is -2.35. The number of benzene rings is 2. The van der Waals surface area contributed by atoms with Gasteiger partial charge in [-0.05, 0) is 36.2 Å². The highest BCUT2D eigenvalue weighted by atomic mass is 32.2. The molecule has 0 aliphatic rings. The molecule has 0 fully saturated rings. The third kappa shape index (κ3) is 5.37. The molecule has 0 heterocycles. The van der Waals surface area contributed by atoms with Gasteiger partial charge in [-0.25, -0.2) is 4.39 Å². The van der Waals surface area contributed by atoms with Gasteiger partial charge < -0.3 is 10.4 Å². The van der Waals surface area contributed by atoms with Crippen molar-refractivity contribution < 1.29 is 14.3 Å². The Kier molecular flexibility index (Phi) is 6.62. The van der Waals surface area contributed by atoms with Crippen molar-refractivity contribution >= 4 is 17.7 Å². The second-order valence-electron chi connectivity index (χ2n) is 5.14. The zero-order valence-electron chi connectivity index (χ0n) is 12.9. The van der Waals surface area contributed by atoms with E-state index in [1.54, 1.807) is 0 Å². The van der Waals surface area contributed by atoms with E-state index in [9.17, 15) is 14.3 Å². The highest BCUT2D eigenvalue weighted by Gasteiger charge is 2.19. The maximum atomic E-state index is 12.9. The van der Waals surface area contributed by atoms with Crippen molar-refractivity contribution in [3.8, 4) is 0 Å². The maximum Gasteiger partial charge on any atom is 0.233 e. The zero-order valence-corrected chi connectivity index (χ0v) is 13.7. The molecular formula is C18H20FNO2S. The zero-order chi connectivity index (χ0) is 16.7. The first-order valence-electron chi connectivity index (χ1n) is 7.53. The van der Waals surface area contributed by atoms with Crippen molar-refractivity contribution in [2.45, 2.75) is 29.6 Å². The Hall–Kier alpha value is -1.85. The standard InChI is InChI=1S/C18H20FNO2S/c1-2-17(23-15-6-4-3-5-7-15)18(22)20-12-16(21)13-8-10-14(19)11-9-13/h3-11,16-17,21H,2,12H2,1H3,(H,20,22). The normalized spacial score (nSPS) is 13.3. The molecule has 0 saturated carbocycles. The van der Waals surface area contributed by atoms with Crippen molar-refractivity contribution in [1.29, 1.82) is 0 Å². The summed E-state index contributed by atoms with van der Waals surface area (Å²) in [6.45, 7) is 2.06. The fourth-order valence-electron chi connectivity index (χ4n) is 2.10. The summed E-state index contributed by atoms with van der Waals surface area (Å²) < 4.78 is 12.9. The van der Waals surface area contributed by atoms with Crippen LogP contribution in [0.15, 0.2) is 59.5 Å². The fraction of sp³-hybridized carbons (Fsp3) is 0.278. The molecule has 2 unspecified atom stereocenters. The molecule has 2 aromatic rings. The molecule has 0 spiro atoms. The van der Waals surface area contributed by atoms with Gasteiger partial charge in [0.25, 0.3) is 0 Å². The molecular weight excluding hydrogens is 313 g/mol. The Bertz CT molecular complexity index is 619. The molecule has 0 aliphatic heterocycles. The molecule has 3 nitrogen and oxygen atoms in total. The summed E-state index contributed by atoms with van der Waals surface area (Å²) in [5.41, 5.74) is 0.579. The van der Waals surface area contributed by atoms with E-state index < -0.39 is 6.10 Å². The lowest BCUT2D eigenvalue weighted by atomic mass is 10.1. The topological polar surface area (TPSA) is 49.3 Å². The monoisotopic (exact) mass is 333 g/mol. The summed E-state index contributed by atoms with van der Waals surface area (Å²) in [6, 6.07) is 15.4. The average Bonchev–Trinajstić information content (AvgIpc) is 2.58. The molecule has 2 rings (SSSR count). The summed E-state index contributed by atoms with van der Waals surface area (Å²) in [5.74, 6) is -0.460. The maximum absolute atomic E-state index is 12.9. The Morgan fingerprint density at radius 1 is 1.17 bits per heavy atom. The van der Waals surface area contributed by atoms with Crippen LogP contribution in [0.1, 0.15) is 25.0 Å². The van der Waals surface area contributed by atoms with E-state index in [1.807, 2.05) is 37.3 Å². The van der Waals surface area contributed by atoms with Crippen molar-refractivity contribution in [2.24, 2.45) is 0 Å². The molecule has 0 aliphatic carbocycles. The fourth-order valence-corrected chi connectivity index (χ4v) is 3.10. The summed E-state index contributed by atoms with van der Waals surface area (Å²) in [4.78, 5) is 13.3. The molecule has 0 radical (unpaired) electrons. The van der Waals surface area contributed by atoms with Crippen LogP contribution in [0.2, 0.25) is 0 Å². The number of carbonyl (C=O) groups excluding carboxylic acids is 1. The smallest absolute Gasteiger partial charge is 0.233 e. The number of aliphatic hydroxyl groups is 1. The van der Waals surface area contributed by atoms with Crippen LogP contribution < -0.4 is 5.32 Å². The number of hydrogen-bond acceptors (Lipinski definition) is 3. The molecule has 0 bridgehead atoms. The minimum absolute atomic E-state index is 0.107. The van der Waals surface area contributed by atoms with E-state index in [-0.39, 0.29) is 23.5 Å². The molecule has 0 aromatic heterocycles. The second-order valence-corrected chi connectivity index (χ2v) is 6.42. The van der Waals surface area contributed by atoms with E-state index in [4.69, 9.17) is 0 Å². The van der Waals surface area contributed by atoms with Crippen molar-refractivity contribution in [2.75, 3.05) is 6.54 Å². The van der Waals surface area contributed by atoms with Gasteiger partial charge in [0, 0.05) is 11.4 Å². The summed E-state index contributed by atoms with van der Waals surface area (Å²) in [7, 11) is 0. The van der Waals surface area contributed by atoms with Crippen LogP contribution in [-0.2, 0) is 4.79 Å². The van der Waals surface area contributed by atoms with Crippen molar-refractivity contribution in [1.82, 2.24) is 5.32 Å². The van der Waals surface area contributed by atoms with Crippen LogP contribution in [-0.4, -0.2) is 22.8 Å². The predicted molar refractivity (Wildman–Crippen MR) is 90.7 cm³/mol. The summed E-state index contributed by atoms with van der Waals surface area (Å²) >= 11 is 1.50. The molecule has 5 heteroatoms. The minimum atomic E-state index is -0.848. The van der Waals surface area contributed by atoms with Gasteiger partial charge in [-0.1, -0.05) is 37.3 Å². The largest absolute Gasteiger partial charge is 0.387 e. The Labute approximate surface area is 139 Å². The first-order chi connectivity index (χ1) is 11.1. The first kappa shape index (κ1) is 17.5. The van der Waals surface area contributed by atoms with Gasteiger partial charge in [0.05, 0.1) is 11.4 Å². The highest BCUT2D eigenvalue weighted by Crippen LogP contribution is 2.25. The predicted octanol–water partition coefficient (Wildman–Crippen LogP) is 3.55. The molecule has 0 saturated heterocycles. The van der Waals surface area contributed by atoms with Crippen LogP contribution in [0.25, 0.3) is 0 Å². The highest BCUT2D eigenvalue weighted by molar-refractivity contribution is 8.00. The van der Waals surface area contributed by atoms with E-state index in [0.29, 0.717) is 12.0 Å². The third-order valence-electron chi connectivity index (χ3n) is 3.41.